The number of amides is 1. The van der Waals surface area contributed by atoms with Crippen molar-refractivity contribution in [2.24, 2.45) is 0 Å². The molecule has 27 heavy (non-hydrogen) atoms. The van der Waals surface area contributed by atoms with E-state index in [-0.39, 0.29) is 5.69 Å². The Bertz CT molecular complexity index is 957. The lowest BCUT2D eigenvalue weighted by molar-refractivity contribution is -0.123. The van der Waals surface area contributed by atoms with E-state index in [2.05, 4.69) is 15.3 Å². The maximum Gasteiger partial charge on any atom is 0.359 e. The number of nitrogens with one attached hydrogen (secondary N) is 1. The van der Waals surface area contributed by atoms with Crippen LogP contribution in [0.3, 0.4) is 0 Å². The van der Waals surface area contributed by atoms with Crippen LogP contribution in [0.2, 0.25) is 0 Å². The van der Waals surface area contributed by atoms with Crippen LogP contribution in [0.4, 0.5) is 5.69 Å². The number of hydrogen-bond acceptors (Lipinski definition) is 6. The third-order valence-corrected chi connectivity index (χ3v) is 3.74. The van der Waals surface area contributed by atoms with E-state index in [0.29, 0.717) is 29.1 Å². The van der Waals surface area contributed by atoms with E-state index in [0.717, 1.165) is 0 Å². The highest BCUT2D eigenvalue weighted by molar-refractivity contribution is 5.97. The molecule has 1 heterocycles. The van der Waals surface area contributed by atoms with Gasteiger partial charge in [0.05, 0.1) is 23.8 Å². The molecule has 0 saturated heterocycles. The van der Waals surface area contributed by atoms with Crippen LogP contribution in [-0.2, 0) is 9.53 Å². The van der Waals surface area contributed by atoms with Gasteiger partial charge in [0, 0.05) is 5.69 Å². The molecule has 0 bridgehead atoms. The molecule has 1 N–H and O–H groups in total. The minimum absolute atomic E-state index is 0.0504. The minimum atomic E-state index is -0.989. The molecule has 0 spiro atoms. The summed E-state index contributed by atoms with van der Waals surface area (Å²) in [5.74, 6) is -0.436. The average Bonchev–Trinajstić information content (AvgIpc) is 2.69. The van der Waals surface area contributed by atoms with Gasteiger partial charge in [-0.1, -0.05) is 12.1 Å². The van der Waals surface area contributed by atoms with Gasteiger partial charge in [0.1, 0.15) is 5.75 Å². The number of hydrogen-bond donors (Lipinski definition) is 1. The van der Waals surface area contributed by atoms with Crippen molar-refractivity contribution in [2.45, 2.75) is 20.0 Å². The molecule has 2 aromatic carbocycles. The van der Waals surface area contributed by atoms with E-state index in [1.165, 1.54) is 13.1 Å². The number of carbonyl (C=O) groups excluding carboxylic acids is 2. The zero-order valence-electron chi connectivity index (χ0n) is 15.0. The summed E-state index contributed by atoms with van der Waals surface area (Å²) in [4.78, 5) is 32.9. The fourth-order valence-corrected chi connectivity index (χ4v) is 2.38. The van der Waals surface area contributed by atoms with Gasteiger partial charge in [-0.25, -0.2) is 9.78 Å². The largest absolute Gasteiger partial charge is 0.494 e. The first-order valence-corrected chi connectivity index (χ1v) is 8.53. The van der Waals surface area contributed by atoms with E-state index < -0.39 is 18.0 Å². The van der Waals surface area contributed by atoms with Crippen LogP contribution in [0.5, 0.6) is 5.75 Å². The van der Waals surface area contributed by atoms with Crippen molar-refractivity contribution in [3.8, 4) is 5.75 Å². The molecule has 138 valence electrons. The normalized spacial score (nSPS) is 11.6. The molecule has 0 radical (unpaired) electrons. The van der Waals surface area contributed by atoms with Gasteiger partial charge in [-0.2, -0.15) is 0 Å². The lowest BCUT2D eigenvalue weighted by Gasteiger charge is -2.13. The van der Waals surface area contributed by atoms with Gasteiger partial charge in [-0.3, -0.25) is 9.78 Å². The molecule has 3 rings (SSSR count). The zero-order valence-corrected chi connectivity index (χ0v) is 15.0. The molecule has 0 aliphatic rings. The topological polar surface area (TPSA) is 90.4 Å². The van der Waals surface area contributed by atoms with E-state index >= 15 is 0 Å². The molecular weight excluding hydrogens is 346 g/mol. The predicted octanol–water partition coefficient (Wildman–Crippen LogP) is 3.21. The number of anilines is 1. The molecule has 1 amide bonds. The Morgan fingerprint density at radius 1 is 1.07 bits per heavy atom. The maximum absolute atomic E-state index is 12.3. The Morgan fingerprint density at radius 3 is 2.48 bits per heavy atom. The first kappa shape index (κ1) is 18.3. The Balaban J connectivity index is 1.61. The van der Waals surface area contributed by atoms with Crippen LogP contribution in [0.25, 0.3) is 11.0 Å². The number of nitrogens with zero attached hydrogens (tertiary/aromatic N) is 2. The van der Waals surface area contributed by atoms with E-state index in [1.807, 2.05) is 13.0 Å². The highest BCUT2D eigenvalue weighted by Gasteiger charge is 2.20. The second-order valence-electron chi connectivity index (χ2n) is 5.74. The molecule has 7 heteroatoms. The second kappa shape index (κ2) is 8.27. The molecule has 1 atom stereocenters. The molecule has 0 aliphatic heterocycles. The van der Waals surface area contributed by atoms with Crippen LogP contribution < -0.4 is 10.1 Å². The van der Waals surface area contributed by atoms with Crippen LogP contribution in [0.15, 0.2) is 54.7 Å². The van der Waals surface area contributed by atoms with Crippen LogP contribution >= 0.6 is 0 Å². The molecular formula is C20H19N3O4. The molecule has 0 fully saturated rings. The Kier molecular flexibility index (Phi) is 5.61. The lowest BCUT2D eigenvalue weighted by atomic mass is 10.2. The Morgan fingerprint density at radius 2 is 1.78 bits per heavy atom. The van der Waals surface area contributed by atoms with Gasteiger partial charge < -0.3 is 14.8 Å². The Hall–Kier alpha value is -3.48. The summed E-state index contributed by atoms with van der Waals surface area (Å²) < 4.78 is 10.6. The summed E-state index contributed by atoms with van der Waals surface area (Å²) >= 11 is 0. The predicted molar refractivity (Wildman–Crippen MR) is 101 cm³/mol. The summed E-state index contributed by atoms with van der Waals surface area (Å²) in [5.41, 5.74) is 1.89. The van der Waals surface area contributed by atoms with Gasteiger partial charge >= 0.3 is 5.97 Å². The third kappa shape index (κ3) is 4.58. The number of fused-ring (bicyclic) bond motifs is 1. The van der Waals surface area contributed by atoms with E-state index in [4.69, 9.17) is 9.47 Å². The van der Waals surface area contributed by atoms with E-state index in [1.54, 1.807) is 42.5 Å². The second-order valence-corrected chi connectivity index (χ2v) is 5.74. The summed E-state index contributed by atoms with van der Waals surface area (Å²) in [5, 5.41) is 2.69. The molecule has 1 aromatic heterocycles. The quantitative estimate of drug-likeness (QED) is 0.675. The van der Waals surface area contributed by atoms with Gasteiger partial charge in [-0.05, 0) is 50.2 Å². The lowest BCUT2D eigenvalue weighted by Crippen LogP contribution is -2.30. The minimum Gasteiger partial charge on any atom is -0.494 e. The molecule has 0 aliphatic carbocycles. The van der Waals surface area contributed by atoms with Gasteiger partial charge in [0.2, 0.25) is 0 Å². The van der Waals surface area contributed by atoms with Crippen molar-refractivity contribution in [2.75, 3.05) is 11.9 Å². The third-order valence-electron chi connectivity index (χ3n) is 3.74. The van der Waals surface area contributed by atoms with Crippen LogP contribution in [0, 0.1) is 0 Å². The number of para-hydroxylation sites is 2. The monoisotopic (exact) mass is 365 g/mol. The van der Waals surface area contributed by atoms with Gasteiger partial charge in [0.25, 0.3) is 5.91 Å². The Labute approximate surface area is 156 Å². The summed E-state index contributed by atoms with van der Waals surface area (Å²) in [6, 6.07) is 14.1. The SMILES string of the molecule is CCOc1ccc(NC(=O)C(C)OC(=O)c2cnc3ccccc3n2)cc1. The average molecular weight is 365 g/mol. The van der Waals surface area contributed by atoms with E-state index in [9.17, 15) is 9.59 Å². The van der Waals surface area contributed by atoms with Crippen molar-refractivity contribution < 1.29 is 19.1 Å². The van der Waals surface area contributed by atoms with Crippen molar-refractivity contribution in [1.29, 1.82) is 0 Å². The number of rotatable bonds is 6. The first-order valence-electron chi connectivity index (χ1n) is 8.53. The van der Waals surface area contributed by atoms with Crippen LogP contribution in [0.1, 0.15) is 24.3 Å². The molecule has 1 unspecified atom stereocenters. The standard InChI is InChI=1S/C20H19N3O4/c1-3-26-15-10-8-14(9-11-15)22-19(24)13(2)27-20(25)18-12-21-16-6-4-5-7-17(16)23-18/h4-13H,3H2,1-2H3,(H,22,24). The highest BCUT2D eigenvalue weighted by Crippen LogP contribution is 2.16. The van der Waals surface area contributed by atoms with Crippen molar-refractivity contribution in [1.82, 2.24) is 9.97 Å². The molecule has 0 saturated carbocycles. The van der Waals surface area contributed by atoms with Crippen molar-refractivity contribution >= 4 is 28.6 Å². The van der Waals surface area contributed by atoms with Gasteiger partial charge in [-0.15, -0.1) is 0 Å². The first-order chi connectivity index (χ1) is 13.1. The summed E-state index contributed by atoms with van der Waals surface area (Å²) in [7, 11) is 0. The zero-order chi connectivity index (χ0) is 19.2. The fourth-order valence-electron chi connectivity index (χ4n) is 2.38. The number of esters is 1. The van der Waals surface area contributed by atoms with Gasteiger partial charge in [0.15, 0.2) is 11.8 Å². The molecule has 3 aromatic rings. The summed E-state index contributed by atoms with van der Waals surface area (Å²) in [6.07, 6.45) is 0.346. The number of benzene rings is 2. The number of ether oxygens (including phenoxy) is 2. The number of carbonyl (C=O) groups is 2. The molecule has 7 nitrogen and oxygen atoms in total. The summed E-state index contributed by atoms with van der Waals surface area (Å²) in [6.45, 7) is 3.96. The fraction of sp³-hybridized carbons (Fsp3) is 0.200. The highest BCUT2D eigenvalue weighted by atomic mass is 16.5. The van der Waals surface area contributed by atoms with Crippen molar-refractivity contribution in [3.05, 3.63) is 60.4 Å². The van der Waals surface area contributed by atoms with Crippen LogP contribution in [-0.4, -0.2) is 34.6 Å². The number of aromatic nitrogens is 2. The maximum atomic E-state index is 12.3. The van der Waals surface area contributed by atoms with Crippen molar-refractivity contribution in [3.63, 3.8) is 0 Å². The smallest absolute Gasteiger partial charge is 0.359 e.